The van der Waals surface area contributed by atoms with Crippen molar-refractivity contribution in [2.24, 2.45) is 0 Å². The average Bonchev–Trinajstić information content (AvgIpc) is 2.29. The molecule has 0 fully saturated rings. The maximum absolute atomic E-state index is 5.40. The molecule has 0 bridgehead atoms. The summed E-state index contributed by atoms with van der Waals surface area (Å²) in [5.41, 5.74) is 2.05. The van der Waals surface area contributed by atoms with Crippen LogP contribution in [0.25, 0.3) is 11.3 Å². The molecule has 0 aliphatic rings. The van der Waals surface area contributed by atoms with Crippen molar-refractivity contribution in [2.75, 3.05) is 6.61 Å². The van der Waals surface area contributed by atoms with Gasteiger partial charge in [-0.05, 0) is 49.7 Å². The van der Waals surface area contributed by atoms with E-state index in [1.54, 1.807) is 0 Å². The minimum Gasteiger partial charge on any atom is -0.494 e. The van der Waals surface area contributed by atoms with E-state index in [1.807, 2.05) is 44.2 Å². The standard InChI is InChI=1S/C13H14N2OS/c1-3-16-11-6-4-10(5-7-11)12-8-13(17)15-9(2)14-12/h4-8H,3H2,1-2H3,(H,14,15,17). The predicted octanol–water partition coefficient (Wildman–Crippen LogP) is 3.51. The molecular formula is C13H14N2OS. The topological polar surface area (TPSA) is 37.9 Å². The van der Waals surface area contributed by atoms with Gasteiger partial charge in [0.2, 0.25) is 0 Å². The summed E-state index contributed by atoms with van der Waals surface area (Å²) < 4.78 is 6.00. The quantitative estimate of drug-likeness (QED) is 0.842. The normalized spacial score (nSPS) is 10.2. The Hall–Kier alpha value is -1.68. The fourth-order valence-electron chi connectivity index (χ4n) is 1.63. The van der Waals surface area contributed by atoms with Crippen molar-refractivity contribution >= 4 is 12.2 Å². The van der Waals surface area contributed by atoms with Crippen LogP contribution >= 0.6 is 12.2 Å². The molecule has 1 heterocycles. The van der Waals surface area contributed by atoms with E-state index in [-0.39, 0.29) is 0 Å². The molecule has 0 saturated heterocycles. The number of H-pyrrole nitrogens is 1. The molecule has 0 saturated carbocycles. The van der Waals surface area contributed by atoms with Gasteiger partial charge >= 0.3 is 0 Å². The maximum atomic E-state index is 5.40. The Kier molecular flexibility index (Phi) is 3.54. The third-order valence-electron chi connectivity index (χ3n) is 2.34. The Balaban J connectivity index is 2.36. The first-order chi connectivity index (χ1) is 8.19. The van der Waals surface area contributed by atoms with Gasteiger partial charge in [0.05, 0.1) is 6.61 Å². The van der Waals surface area contributed by atoms with Gasteiger partial charge < -0.3 is 9.72 Å². The van der Waals surface area contributed by atoms with Crippen molar-refractivity contribution < 1.29 is 4.74 Å². The Labute approximate surface area is 105 Å². The molecule has 2 rings (SSSR count). The number of hydrogen-bond acceptors (Lipinski definition) is 3. The fourth-order valence-corrected chi connectivity index (χ4v) is 1.89. The summed E-state index contributed by atoms with van der Waals surface area (Å²) in [6, 6.07) is 9.77. The molecule has 0 radical (unpaired) electrons. The van der Waals surface area contributed by atoms with Crippen molar-refractivity contribution in [3.63, 3.8) is 0 Å². The number of nitrogens with zero attached hydrogens (tertiary/aromatic N) is 1. The minimum atomic E-state index is 0.602. The number of ether oxygens (including phenoxy) is 1. The van der Waals surface area contributed by atoms with Crippen molar-refractivity contribution in [1.29, 1.82) is 0 Å². The molecule has 1 N–H and O–H groups in total. The summed E-state index contributed by atoms with van der Waals surface area (Å²) in [7, 11) is 0. The zero-order valence-electron chi connectivity index (χ0n) is 9.86. The highest BCUT2D eigenvalue weighted by atomic mass is 32.1. The molecule has 0 spiro atoms. The highest BCUT2D eigenvalue weighted by Gasteiger charge is 2.00. The van der Waals surface area contributed by atoms with Crippen molar-refractivity contribution in [1.82, 2.24) is 9.97 Å². The van der Waals surface area contributed by atoms with E-state index in [0.717, 1.165) is 22.8 Å². The molecule has 2 aromatic rings. The first kappa shape index (κ1) is 11.8. The molecule has 0 unspecified atom stereocenters. The van der Waals surface area contributed by atoms with Gasteiger partial charge in [-0.3, -0.25) is 0 Å². The molecule has 17 heavy (non-hydrogen) atoms. The summed E-state index contributed by atoms with van der Waals surface area (Å²) in [6.45, 7) is 4.54. The number of benzene rings is 1. The van der Waals surface area contributed by atoms with Crippen LogP contribution in [0.5, 0.6) is 5.75 Å². The van der Waals surface area contributed by atoms with Crippen LogP contribution in [-0.4, -0.2) is 16.6 Å². The van der Waals surface area contributed by atoms with E-state index in [2.05, 4.69) is 9.97 Å². The number of aromatic amines is 1. The molecule has 0 aliphatic carbocycles. The van der Waals surface area contributed by atoms with Crippen LogP contribution in [0.1, 0.15) is 12.7 Å². The van der Waals surface area contributed by atoms with Crippen LogP contribution in [0.3, 0.4) is 0 Å². The summed E-state index contributed by atoms with van der Waals surface area (Å²) in [5.74, 6) is 1.70. The Morgan fingerprint density at radius 1 is 1.29 bits per heavy atom. The van der Waals surface area contributed by atoms with E-state index in [4.69, 9.17) is 17.0 Å². The number of nitrogens with one attached hydrogen (secondary N) is 1. The second-order valence-corrected chi connectivity index (χ2v) is 4.09. The molecule has 0 aliphatic heterocycles. The van der Waals surface area contributed by atoms with Crippen LogP contribution in [0.15, 0.2) is 30.3 Å². The van der Waals surface area contributed by atoms with Gasteiger partial charge in [0.25, 0.3) is 0 Å². The zero-order valence-corrected chi connectivity index (χ0v) is 10.7. The maximum Gasteiger partial charge on any atom is 0.130 e. The minimum absolute atomic E-state index is 0.602. The average molecular weight is 246 g/mol. The number of aromatic nitrogens is 2. The van der Waals surface area contributed by atoms with Gasteiger partial charge in [-0.1, -0.05) is 12.2 Å². The van der Waals surface area contributed by atoms with Gasteiger partial charge in [0, 0.05) is 5.69 Å². The van der Waals surface area contributed by atoms with E-state index < -0.39 is 0 Å². The highest BCUT2D eigenvalue weighted by Crippen LogP contribution is 2.20. The Morgan fingerprint density at radius 3 is 2.59 bits per heavy atom. The Morgan fingerprint density at radius 2 is 2.00 bits per heavy atom. The summed E-state index contributed by atoms with van der Waals surface area (Å²) in [6.07, 6.45) is 0. The van der Waals surface area contributed by atoms with Gasteiger partial charge in [0.1, 0.15) is 16.2 Å². The van der Waals surface area contributed by atoms with Gasteiger partial charge in [-0.15, -0.1) is 0 Å². The lowest BCUT2D eigenvalue weighted by molar-refractivity contribution is 0.340. The number of rotatable bonds is 3. The second kappa shape index (κ2) is 5.10. The van der Waals surface area contributed by atoms with Crippen LogP contribution in [-0.2, 0) is 0 Å². The molecule has 0 atom stereocenters. The largest absolute Gasteiger partial charge is 0.494 e. The van der Waals surface area contributed by atoms with Crippen molar-refractivity contribution in [3.05, 3.63) is 40.8 Å². The SMILES string of the molecule is CCOc1ccc(-c2cc(=S)nc(C)[nH]2)cc1. The van der Waals surface area contributed by atoms with E-state index >= 15 is 0 Å². The highest BCUT2D eigenvalue weighted by molar-refractivity contribution is 7.71. The third-order valence-corrected chi connectivity index (χ3v) is 2.55. The first-order valence-corrected chi connectivity index (χ1v) is 5.91. The first-order valence-electron chi connectivity index (χ1n) is 5.50. The van der Waals surface area contributed by atoms with Crippen molar-refractivity contribution in [3.8, 4) is 17.0 Å². The second-order valence-electron chi connectivity index (χ2n) is 3.68. The summed E-state index contributed by atoms with van der Waals surface area (Å²) in [4.78, 5) is 7.34. The third kappa shape index (κ3) is 2.91. The van der Waals surface area contributed by atoms with Gasteiger partial charge in [-0.2, -0.15) is 0 Å². The zero-order chi connectivity index (χ0) is 12.3. The lowest BCUT2D eigenvalue weighted by Gasteiger charge is -2.06. The fraction of sp³-hybridized carbons (Fsp3) is 0.231. The van der Waals surface area contributed by atoms with Crippen LogP contribution in [0.2, 0.25) is 0 Å². The predicted molar refractivity (Wildman–Crippen MR) is 70.8 cm³/mol. The lowest BCUT2D eigenvalue weighted by atomic mass is 10.1. The molecule has 3 nitrogen and oxygen atoms in total. The Bertz CT molecular complexity index is 560. The van der Waals surface area contributed by atoms with E-state index in [9.17, 15) is 0 Å². The number of hydrogen-bond donors (Lipinski definition) is 1. The molecular weight excluding hydrogens is 232 g/mol. The van der Waals surface area contributed by atoms with Gasteiger partial charge in [0.15, 0.2) is 0 Å². The van der Waals surface area contributed by atoms with Crippen LogP contribution in [0.4, 0.5) is 0 Å². The molecule has 4 heteroatoms. The van der Waals surface area contributed by atoms with E-state index in [1.165, 1.54) is 0 Å². The van der Waals surface area contributed by atoms with E-state index in [0.29, 0.717) is 11.2 Å². The van der Waals surface area contributed by atoms with Crippen LogP contribution in [0, 0.1) is 11.6 Å². The summed E-state index contributed by atoms with van der Waals surface area (Å²) in [5, 5.41) is 0. The van der Waals surface area contributed by atoms with Gasteiger partial charge in [-0.25, -0.2) is 4.98 Å². The molecule has 1 aromatic carbocycles. The summed E-state index contributed by atoms with van der Waals surface area (Å²) >= 11 is 5.10. The van der Waals surface area contributed by atoms with Crippen molar-refractivity contribution in [2.45, 2.75) is 13.8 Å². The smallest absolute Gasteiger partial charge is 0.130 e. The molecule has 88 valence electrons. The monoisotopic (exact) mass is 246 g/mol. The lowest BCUT2D eigenvalue weighted by Crippen LogP contribution is -1.93. The molecule has 1 aromatic heterocycles. The van der Waals surface area contributed by atoms with Crippen LogP contribution < -0.4 is 4.74 Å². The molecule has 0 amide bonds. The number of aryl methyl sites for hydroxylation is 1.